The number of rotatable bonds is 5. The monoisotopic (exact) mass is 329 g/mol. The smallest absolute Gasteiger partial charge is 0.239 e. The van der Waals surface area contributed by atoms with Gasteiger partial charge in [-0.05, 0) is 24.1 Å². The Morgan fingerprint density at radius 2 is 1.65 bits per heavy atom. The molecule has 3 rings (SSSR count). The van der Waals surface area contributed by atoms with Gasteiger partial charge < -0.3 is 10.0 Å². The zero-order valence-corrected chi connectivity index (χ0v) is 13.5. The number of aliphatic hydroxyl groups excluding tert-OH is 1. The van der Waals surface area contributed by atoms with E-state index in [0.717, 1.165) is 5.56 Å². The highest BCUT2D eigenvalue weighted by Crippen LogP contribution is 2.28. The maximum Gasteiger partial charge on any atom is 0.239 e. The molecule has 2 aromatic carbocycles. The van der Waals surface area contributed by atoms with Gasteiger partial charge in [0.15, 0.2) is 0 Å². The fraction of sp³-hybridized carbons (Fsp3) is 0.278. The Kier molecular flexibility index (Phi) is 4.88. The molecule has 1 heterocycles. The van der Waals surface area contributed by atoms with Crippen molar-refractivity contribution in [2.75, 3.05) is 6.61 Å². The Balaban J connectivity index is 1.80. The van der Waals surface area contributed by atoms with Crippen LogP contribution in [0.5, 0.6) is 0 Å². The van der Waals surface area contributed by atoms with Crippen molar-refractivity contribution in [3.05, 3.63) is 66.2 Å². The zero-order valence-electron chi connectivity index (χ0n) is 12.7. The minimum absolute atomic E-state index is 0.110. The molecular formula is C18H19NO3S. The molecular weight excluding hydrogens is 310 g/mol. The molecule has 3 atom stereocenters. The van der Waals surface area contributed by atoms with E-state index in [1.807, 2.05) is 48.5 Å². The van der Waals surface area contributed by atoms with Gasteiger partial charge in [-0.2, -0.15) is 0 Å². The first-order valence-corrected chi connectivity index (χ1v) is 8.83. The first kappa shape index (κ1) is 15.9. The van der Waals surface area contributed by atoms with Crippen LogP contribution in [0.15, 0.2) is 65.6 Å². The maximum atomic E-state index is 12.7. The summed E-state index contributed by atoms with van der Waals surface area (Å²) in [6.07, 6.45) is 0.420. The highest BCUT2D eigenvalue weighted by atomic mass is 32.2. The lowest BCUT2D eigenvalue weighted by Crippen LogP contribution is -2.36. The first-order valence-electron chi connectivity index (χ1n) is 7.61. The minimum Gasteiger partial charge on any atom is -0.394 e. The molecule has 1 amide bonds. The number of aliphatic hydroxyl groups is 1. The third kappa shape index (κ3) is 3.35. The van der Waals surface area contributed by atoms with Crippen molar-refractivity contribution in [1.29, 1.82) is 0 Å². The van der Waals surface area contributed by atoms with E-state index in [9.17, 15) is 14.1 Å². The molecule has 1 saturated heterocycles. The van der Waals surface area contributed by atoms with Gasteiger partial charge in [-0.15, -0.1) is 0 Å². The summed E-state index contributed by atoms with van der Waals surface area (Å²) in [5, 5.41) is 9.02. The van der Waals surface area contributed by atoms with E-state index in [2.05, 4.69) is 0 Å². The topological polar surface area (TPSA) is 57.6 Å². The predicted molar refractivity (Wildman–Crippen MR) is 89.1 cm³/mol. The average Bonchev–Trinajstić information content (AvgIpc) is 2.92. The molecule has 23 heavy (non-hydrogen) atoms. The van der Waals surface area contributed by atoms with Crippen LogP contribution < -0.4 is 0 Å². The average molecular weight is 329 g/mol. The summed E-state index contributed by atoms with van der Waals surface area (Å²) in [6, 6.07) is 18.4. The summed E-state index contributed by atoms with van der Waals surface area (Å²) >= 11 is 0. The summed E-state index contributed by atoms with van der Waals surface area (Å²) < 4.78 is 12.7. The lowest BCUT2D eigenvalue weighted by Gasteiger charge is -2.23. The van der Waals surface area contributed by atoms with Gasteiger partial charge >= 0.3 is 0 Å². The van der Waals surface area contributed by atoms with Crippen LogP contribution in [0.1, 0.15) is 12.0 Å². The second kappa shape index (κ2) is 7.06. The van der Waals surface area contributed by atoms with E-state index in [1.54, 1.807) is 17.0 Å². The van der Waals surface area contributed by atoms with E-state index in [-0.39, 0.29) is 18.6 Å². The Morgan fingerprint density at radius 3 is 2.26 bits per heavy atom. The molecule has 2 aromatic rings. The van der Waals surface area contributed by atoms with Crippen molar-refractivity contribution in [3.63, 3.8) is 0 Å². The van der Waals surface area contributed by atoms with Crippen LogP contribution in [0, 0.1) is 0 Å². The fourth-order valence-corrected chi connectivity index (χ4v) is 4.37. The minimum atomic E-state index is -1.39. The lowest BCUT2D eigenvalue weighted by atomic mass is 10.2. The summed E-state index contributed by atoms with van der Waals surface area (Å²) in [4.78, 5) is 15.0. The van der Waals surface area contributed by atoms with Gasteiger partial charge in [0.1, 0.15) is 5.25 Å². The molecule has 1 N–H and O–H groups in total. The number of amides is 1. The van der Waals surface area contributed by atoms with Crippen molar-refractivity contribution in [2.45, 2.75) is 29.2 Å². The second-order valence-corrected chi connectivity index (χ2v) is 7.26. The molecule has 0 bridgehead atoms. The third-order valence-corrected chi connectivity index (χ3v) is 5.77. The standard InChI is InChI=1S/C18H19NO3S/c20-13-15-11-17(23(22)16-9-5-2-6-10-16)18(21)19(15)12-14-7-3-1-4-8-14/h1-10,15,17,20H,11-13H2/t15-,17?,23?/m0/s1. The van der Waals surface area contributed by atoms with E-state index in [4.69, 9.17) is 0 Å². The molecule has 0 aromatic heterocycles. The molecule has 120 valence electrons. The van der Waals surface area contributed by atoms with Crippen LogP contribution >= 0.6 is 0 Å². The van der Waals surface area contributed by atoms with Gasteiger partial charge in [-0.1, -0.05) is 48.5 Å². The normalized spacial score (nSPS) is 22.3. The second-order valence-electron chi connectivity index (χ2n) is 5.62. The van der Waals surface area contributed by atoms with Gasteiger partial charge in [0, 0.05) is 11.4 Å². The van der Waals surface area contributed by atoms with Crippen molar-refractivity contribution in [1.82, 2.24) is 4.90 Å². The van der Waals surface area contributed by atoms with Crippen LogP contribution in [0.4, 0.5) is 0 Å². The van der Waals surface area contributed by atoms with Crippen LogP contribution in [0.2, 0.25) is 0 Å². The number of carbonyl (C=O) groups excluding carboxylic acids is 1. The molecule has 0 saturated carbocycles. The summed E-state index contributed by atoms with van der Waals surface area (Å²) in [6.45, 7) is 0.328. The van der Waals surface area contributed by atoms with Gasteiger partial charge in [0.25, 0.3) is 0 Å². The lowest BCUT2D eigenvalue weighted by molar-refractivity contribution is -0.129. The number of likely N-dealkylation sites (tertiary alicyclic amines) is 1. The number of hydrogen-bond acceptors (Lipinski definition) is 3. The molecule has 1 aliphatic heterocycles. The quantitative estimate of drug-likeness (QED) is 0.912. The van der Waals surface area contributed by atoms with E-state index in [0.29, 0.717) is 17.9 Å². The van der Waals surface area contributed by atoms with Crippen molar-refractivity contribution < 1.29 is 14.1 Å². The highest BCUT2D eigenvalue weighted by molar-refractivity contribution is 7.86. The van der Waals surface area contributed by atoms with Crippen LogP contribution in [0.25, 0.3) is 0 Å². The van der Waals surface area contributed by atoms with Gasteiger partial charge in [0.05, 0.1) is 23.4 Å². The number of hydrogen-bond donors (Lipinski definition) is 1. The first-order chi connectivity index (χ1) is 11.2. The molecule has 5 heteroatoms. The Labute approximate surface area is 138 Å². The molecule has 0 radical (unpaired) electrons. The molecule has 4 nitrogen and oxygen atoms in total. The SMILES string of the molecule is O=C1C(S(=O)c2ccccc2)C[C@@H](CO)N1Cc1ccccc1. The van der Waals surface area contributed by atoms with Gasteiger partial charge in [0.2, 0.25) is 5.91 Å². The van der Waals surface area contributed by atoms with Crippen molar-refractivity contribution >= 4 is 16.7 Å². The summed E-state index contributed by atoms with van der Waals surface area (Å²) in [7, 11) is -1.39. The third-order valence-electron chi connectivity index (χ3n) is 4.13. The summed E-state index contributed by atoms with van der Waals surface area (Å²) in [5.74, 6) is -0.143. The van der Waals surface area contributed by atoms with Crippen molar-refractivity contribution in [3.8, 4) is 0 Å². The molecule has 1 fully saturated rings. The molecule has 0 spiro atoms. The molecule has 2 unspecified atom stereocenters. The highest BCUT2D eigenvalue weighted by Gasteiger charge is 2.42. The number of carbonyl (C=O) groups is 1. The van der Waals surface area contributed by atoms with Gasteiger partial charge in [-0.3, -0.25) is 9.00 Å². The largest absolute Gasteiger partial charge is 0.394 e. The van der Waals surface area contributed by atoms with Crippen LogP contribution in [-0.2, 0) is 22.1 Å². The fourth-order valence-electron chi connectivity index (χ4n) is 2.90. The molecule has 0 aliphatic carbocycles. The predicted octanol–water partition coefficient (Wildman–Crippen LogP) is 1.96. The molecule has 1 aliphatic rings. The Morgan fingerprint density at radius 1 is 1.04 bits per heavy atom. The van der Waals surface area contributed by atoms with Gasteiger partial charge in [-0.25, -0.2) is 0 Å². The summed E-state index contributed by atoms with van der Waals surface area (Å²) in [5.41, 5.74) is 1.01. The maximum absolute atomic E-state index is 12.7. The van der Waals surface area contributed by atoms with E-state index < -0.39 is 16.0 Å². The van der Waals surface area contributed by atoms with Crippen LogP contribution in [-0.4, -0.2) is 38.0 Å². The van der Waals surface area contributed by atoms with E-state index in [1.165, 1.54) is 0 Å². The Bertz CT molecular complexity index is 690. The number of benzene rings is 2. The van der Waals surface area contributed by atoms with Crippen molar-refractivity contribution in [2.24, 2.45) is 0 Å². The van der Waals surface area contributed by atoms with Crippen LogP contribution in [0.3, 0.4) is 0 Å². The Hall–Kier alpha value is -1.98. The zero-order chi connectivity index (χ0) is 16.2. The number of nitrogens with zero attached hydrogens (tertiary/aromatic N) is 1. The van der Waals surface area contributed by atoms with E-state index >= 15 is 0 Å².